The summed E-state index contributed by atoms with van der Waals surface area (Å²) in [7, 11) is 0. The Labute approximate surface area is 99.1 Å². The van der Waals surface area contributed by atoms with Crippen molar-refractivity contribution in [3.63, 3.8) is 0 Å². The fourth-order valence-corrected chi connectivity index (χ4v) is 1.42. The maximum Gasteiger partial charge on any atom is 0.0591 e. The number of carbonyl (C=O) groups excluding carboxylic acids is 2. The van der Waals surface area contributed by atoms with Crippen molar-refractivity contribution in [3.8, 4) is 0 Å². The van der Waals surface area contributed by atoms with Crippen LogP contribution in [0.4, 0.5) is 0 Å². The summed E-state index contributed by atoms with van der Waals surface area (Å²) in [5, 5.41) is 24.0. The van der Waals surface area contributed by atoms with Gasteiger partial charge in [-0.2, -0.15) is 0 Å². The van der Waals surface area contributed by atoms with Crippen molar-refractivity contribution < 1.29 is 19.8 Å². The van der Waals surface area contributed by atoms with Gasteiger partial charge in [0.1, 0.15) is 0 Å². The normalized spacial score (nSPS) is 13.9. The topological polar surface area (TPSA) is 92.3 Å². The van der Waals surface area contributed by atoms with Gasteiger partial charge in [-0.15, -0.1) is 0 Å². The molecule has 2 atom stereocenters. The van der Waals surface area contributed by atoms with Gasteiger partial charge in [-0.3, -0.25) is 0 Å². The molecule has 0 heterocycles. The zero-order valence-electron chi connectivity index (χ0n) is 9.38. The first-order valence-corrected chi connectivity index (χ1v) is 5.21. The molecule has 0 bridgehead atoms. The van der Waals surface area contributed by atoms with Gasteiger partial charge in [0.05, 0.1) is 12.0 Å². The molecule has 5 heteroatoms. The highest BCUT2D eigenvalue weighted by atomic mass is 16.4. The summed E-state index contributed by atoms with van der Waals surface area (Å²) in [6.45, 7) is 1.53. The number of hydrogen-bond donors (Lipinski definition) is 1. The van der Waals surface area contributed by atoms with Crippen molar-refractivity contribution in [2.24, 2.45) is 5.92 Å². The predicted octanol–water partition coefficient (Wildman–Crippen LogP) is -1.72. The molecule has 2 unspecified atom stereocenters. The van der Waals surface area contributed by atoms with E-state index in [2.05, 4.69) is 5.32 Å². The Hall–Kier alpha value is -1.88. The van der Waals surface area contributed by atoms with E-state index >= 15 is 0 Å². The minimum Gasteiger partial charge on any atom is -0.550 e. The summed E-state index contributed by atoms with van der Waals surface area (Å²) in [6.07, 6.45) is 0. The Morgan fingerprint density at radius 3 is 2.24 bits per heavy atom. The van der Waals surface area contributed by atoms with Crippen LogP contribution in [0, 0.1) is 5.92 Å². The van der Waals surface area contributed by atoms with E-state index in [4.69, 9.17) is 0 Å². The highest BCUT2D eigenvalue weighted by Gasteiger charge is 2.18. The van der Waals surface area contributed by atoms with Gasteiger partial charge in [-0.1, -0.05) is 37.3 Å². The average molecular weight is 235 g/mol. The Morgan fingerprint density at radius 2 is 1.76 bits per heavy atom. The van der Waals surface area contributed by atoms with Crippen LogP contribution in [0.1, 0.15) is 12.5 Å². The molecule has 0 fully saturated rings. The van der Waals surface area contributed by atoms with Gasteiger partial charge < -0.3 is 25.1 Å². The van der Waals surface area contributed by atoms with E-state index in [1.54, 1.807) is 0 Å². The summed E-state index contributed by atoms with van der Waals surface area (Å²) in [6, 6.07) is 7.82. The maximum absolute atomic E-state index is 10.8. The van der Waals surface area contributed by atoms with Crippen molar-refractivity contribution in [1.82, 2.24) is 5.32 Å². The number of carboxylic acids is 2. The lowest BCUT2D eigenvalue weighted by atomic mass is 10.0. The molecule has 0 aliphatic rings. The van der Waals surface area contributed by atoms with Crippen molar-refractivity contribution in [3.05, 3.63) is 35.9 Å². The van der Waals surface area contributed by atoms with Crippen LogP contribution >= 0.6 is 0 Å². The SMILES string of the molecule is CC(C(=O)[O-])C(NCc1ccccc1)C(=O)[O-]. The third-order valence-corrected chi connectivity index (χ3v) is 2.49. The maximum atomic E-state index is 10.8. The standard InChI is InChI=1S/C12H15NO4/c1-8(11(14)15)10(12(16)17)13-7-9-5-3-2-4-6-9/h2-6,8,10,13H,7H2,1H3,(H,14,15)(H,16,17)/p-2. The van der Waals surface area contributed by atoms with Crippen molar-refractivity contribution in [2.45, 2.75) is 19.5 Å². The minimum atomic E-state index is -1.45. The molecule has 1 N–H and O–H groups in total. The zero-order chi connectivity index (χ0) is 12.8. The van der Waals surface area contributed by atoms with Gasteiger partial charge in [-0.25, -0.2) is 0 Å². The molecule has 17 heavy (non-hydrogen) atoms. The molecule has 1 aromatic rings. The third-order valence-electron chi connectivity index (χ3n) is 2.49. The fraction of sp³-hybridized carbons (Fsp3) is 0.333. The number of benzene rings is 1. The van der Waals surface area contributed by atoms with Crippen LogP contribution in [-0.2, 0) is 16.1 Å². The van der Waals surface area contributed by atoms with Crippen LogP contribution in [0.5, 0.6) is 0 Å². The second-order valence-corrected chi connectivity index (χ2v) is 3.77. The van der Waals surface area contributed by atoms with E-state index in [0.717, 1.165) is 5.56 Å². The second kappa shape index (κ2) is 6.00. The highest BCUT2D eigenvalue weighted by Crippen LogP contribution is 2.04. The van der Waals surface area contributed by atoms with Gasteiger partial charge in [0.2, 0.25) is 0 Å². The Kier molecular flexibility index (Phi) is 4.66. The largest absolute Gasteiger partial charge is 0.550 e. The lowest BCUT2D eigenvalue weighted by Crippen LogP contribution is -2.53. The number of nitrogens with one attached hydrogen (secondary N) is 1. The predicted molar refractivity (Wildman–Crippen MR) is 56.2 cm³/mol. The quantitative estimate of drug-likeness (QED) is 0.633. The van der Waals surface area contributed by atoms with Gasteiger partial charge in [0.15, 0.2) is 0 Å². The van der Waals surface area contributed by atoms with Crippen molar-refractivity contribution in [2.75, 3.05) is 0 Å². The molecule has 0 saturated heterocycles. The first-order chi connectivity index (χ1) is 8.02. The Bertz CT molecular complexity index is 391. The molecular formula is C12H13NO4-2. The summed E-state index contributed by atoms with van der Waals surface area (Å²) < 4.78 is 0. The molecule has 1 rings (SSSR count). The number of hydrogen-bond acceptors (Lipinski definition) is 5. The smallest absolute Gasteiger partial charge is 0.0591 e. The fourth-order valence-electron chi connectivity index (χ4n) is 1.42. The van der Waals surface area contributed by atoms with Crippen LogP contribution in [0.2, 0.25) is 0 Å². The molecule has 0 saturated carbocycles. The summed E-state index contributed by atoms with van der Waals surface area (Å²) >= 11 is 0. The Morgan fingerprint density at radius 1 is 1.18 bits per heavy atom. The first-order valence-electron chi connectivity index (χ1n) is 5.21. The molecule has 92 valence electrons. The number of aliphatic carboxylic acids is 2. The van der Waals surface area contributed by atoms with Crippen LogP contribution in [0.3, 0.4) is 0 Å². The van der Waals surface area contributed by atoms with E-state index in [1.807, 2.05) is 30.3 Å². The lowest BCUT2D eigenvalue weighted by Gasteiger charge is -2.26. The molecule has 1 aromatic carbocycles. The molecule has 0 spiro atoms. The zero-order valence-corrected chi connectivity index (χ0v) is 9.38. The molecule has 0 radical (unpaired) electrons. The first kappa shape index (κ1) is 13.2. The molecular weight excluding hydrogens is 222 g/mol. The summed E-state index contributed by atoms with van der Waals surface area (Å²) in [5.41, 5.74) is 0.865. The summed E-state index contributed by atoms with van der Waals surface area (Å²) in [5.74, 6) is -4.01. The van der Waals surface area contributed by atoms with Crippen molar-refractivity contribution in [1.29, 1.82) is 0 Å². The number of carbonyl (C=O) groups is 2. The lowest BCUT2D eigenvalue weighted by molar-refractivity contribution is -0.322. The average Bonchev–Trinajstić information content (AvgIpc) is 2.29. The molecule has 0 aromatic heterocycles. The van der Waals surface area contributed by atoms with Gasteiger partial charge >= 0.3 is 0 Å². The van der Waals surface area contributed by atoms with Crippen LogP contribution in [0.25, 0.3) is 0 Å². The van der Waals surface area contributed by atoms with Crippen LogP contribution < -0.4 is 15.5 Å². The van der Waals surface area contributed by atoms with Crippen LogP contribution in [0.15, 0.2) is 30.3 Å². The van der Waals surface area contributed by atoms with Gasteiger partial charge in [0.25, 0.3) is 0 Å². The molecule has 0 aliphatic heterocycles. The van der Waals surface area contributed by atoms with Crippen LogP contribution in [-0.4, -0.2) is 18.0 Å². The minimum absolute atomic E-state index is 0.261. The van der Waals surface area contributed by atoms with Gasteiger partial charge in [-0.05, 0) is 5.56 Å². The Balaban J connectivity index is 2.63. The summed E-state index contributed by atoms with van der Waals surface area (Å²) in [4.78, 5) is 21.4. The number of carboxylic acid groups (broad SMARTS) is 2. The molecule has 0 aliphatic carbocycles. The highest BCUT2D eigenvalue weighted by molar-refractivity contribution is 5.80. The molecule has 5 nitrogen and oxygen atoms in total. The van der Waals surface area contributed by atoms with E-state index in [9.17, 15) is 19.8 Å². The van der Waals surface area contributed by atoms with Crippen molar-refractivity contribution >= 4 is 11.9 Å². The van der Waals surface area contributed by atoms with E-state index in [-0.39, 0.29) is 6.54 Å². The number of rotatable bonds is 6. The monoisotopic (exact) mass is 235 g/mol. The van der Waals surface area contributed by atoms with E-state index in [1.165, 1.54) is 6.92 Å². The van der Waals surface area contributed by atoms with E-state index < -0.39 is 23.9 Å². The second-order valence-electron chi connectivity index (χ2n) is 3.77. The van der Waals surface area contributed by atoms with Gasteiger partial charge in [0, 0.05) is 18.4 Å². The van der Waals surface area contributed by atoms with E-state index in [0.29, 0.717) is 0 Å². The third kappa shape index (κ3) is 3.88. The molecule has 0 amide bonds.